The van der Waals surface area contributed by atoms with Crippen LogP contribution in [0, 0.1) is 0 Å². The molecule has 0 spiro atoms. The Balaban J connectivity index is 2.35. The summed E-state index contributed by atoms with van der Waals surface area (Å²) in [4.78, 5) is 0. The van der Waals surface area contributed by atoms with Crippen molar-refractivity contribution in [3.63, 3.8) is 0 Å². The van der Waals surface area contributed by atoms with Gasteiger partial charge in [-0.2, -0.15) is 0 Å². The lowest BCUT2D eigenvalue weighted by Crippen LogP contribution is -1.89. The monoisotopic (exact) mass is 220 g/mol. The molecule has 0 N–H and O–H groups in total. The van der Waals surface area contributed by atoms with Gasteiger partial charge in [-0.1, -0.05) is 48.5 Å². The lowest BCUT2D eigenvalue weighted by Gasteiger charge is -2.08. The highest BCUT2D eigenvalue weighted by molar-refractivity contribution is 6.10. The molecule has 82 valence electrons. The molecule has 0 aliphatic carbocycles. The second-order valence-corrected chi connectivity index (χ2v) is 4.59. The molecule has 17 heavy (non-hydrogen) atoms. The van der Waals surface area contributed by atoms with Crippen LogP contribution in [0.3, 0.4) is 0 Å². The Labute approximate surface area is 99.6 Å². The van der Waals surface area contributed by atoms with Gasteiger partial charge in [-0.05, 0) is 32.7 Å². The SMILES string of the molecule is c1cc2c3c(c1)ccc1cccc(c13)COC2. The van der Waals surface area contributed by atoms with Crippen molar-refractivity contribution in [3.05, 3.63) is 59.7 Å². The first kappa shape index (κ1) is 9.20. The van der Waals surface area contributed by atoms with Crippen LogP contribution in [0.15, 0.2) is 48.5 Å². The van der Waals surface area contributed by atoms with E-state index in [0.29, 0.717) is 13.2 Å². The highest BCUT2D eigenvalue weighted by Gasteiger charge is 2.12. The quantitative estimate of drug-likeness (QED) is 0.520. The predicted octanol–water partition coefficient (Wildman–Crippen LogP) is 4.02. The fourth-order valence-corrected chi connectivity index (χ4v) is 2.82. The van der Waals surface area contributed by atoms with E-state index in [1.54, 1.807) is 0 Å². The van der Waals surface area contributed by atoms with Crippen LogP contribution in [0.5, 0.6) is 0 Å². The molecule has 3 aromatic rings. The Kier molecular flexibility index (Phi) is 1.79. The van der Waals surface area contributed by atoms with Crippen LogP contribution in [-0.2, 0) is 18.0 Å². The Morgan fingerprint density at radius 1 is 0.647 bits per heavy atom. The third-order valence-electron chi connectivity index (χ3n) is 3.57. The zero-order valence-electron chi connectivity index (χ0n) is 9.44. The van der Waals surface area contributed by atoms with Crippen molar-refractivity contribution in [1.82, 2.24) is 0 Å². The Morgan fingerprint density at radius 2 is 1.18 bits per heavy atom. The molecule has 1 heterocycles. The van der Waals surface area contributed by atoms with E-state index in [2.05, 4.69) is 48.5 Å². The molecule has 1 aliphatic heterocycles. The van der Waals surface area contributed by atoms with Gasteiger partial charge in [0.25, 0.3) is 0 Å². The predicted molar refractivity (Wildman–Crippen MR) is 69.9 cm³/mol. The lowest BCUT2D eigenvalue weighted by atomic mass is 9.95. The van der Waals surface area contributed by atoms with Gasteiger partial charge in [-0.3, -0.25) is 0 Å². The van der Waals surface area contributed by atoms with Crippen LogP contribution in [0.25, 0.3) is 21.5 Å². The van der Waals surface area contributed by atoms with Gasteiger partial charge in [0.1, 0.15) is 0 Å². The fraction of sp³-hybridized carbons (Fsp3) is 0.125. The Morgan fingerprint density at radius 3 is 1.71 bits per heavy atom. The standard InChI is InChI=1S/C16H12O/c1-3-11-7-8-12-4-2-6-14-10-17-9-13(5-1)15(11)16(12)14/h1-8H,9-10H2. The van der Waals surface area contributed by atoms with Crippen LogP contribution in [0.1, 0.15) is 11.1 Å². The van der Waals surface area contributed by atoms with Crippen LogP contribution in [0.4, 0.5) is 0 Å². The second kappa shape index (κ2) is 3.31. The van der Waals surface area contributed by atoms with E-state index < -0.39 is 0 Å². The summed E-state index contributed by atoms with van der Waals surface area (Å²) < 4.78 is 5.76. The van der Waals surface area contributed by atoms with Gasteiger partial charge in [0.15, 0.2) is 0 Å². The molecular weight excluding hydrogens is 208 g/mol. The summed E-state index contributed by atoms with van der Waals surface area (Å²) >= 11 is 0. The molecule has 0 aromatic heterocycles. The molecule has 0 atom stereocenters. The summed E-state index contributed by atoms with van der Waals surface area (Å²) in [6, 6.07) is 17.3. The highest BCUT2D eigenvalue weighted by Crippen LogP contribution is 2.33. The zero-order chi connectivity index (χ0) is 11.2. The van der Waals surface area contributed by atoms with Crippen molar-refractivity contribution in [2.45, 2.75) is 13.2 Å². The van der Waals surface area contributed by atoms with Crippen molar-refractivity contribution in [2.75, 3.05) is 0 Å². The van der Waals surface area contributed by atoms with Gasteiger partial charge in [-0.25, -0.2) is 0 Å². The molecule has 1 heteroatoms. The zero-order valence-corrected chi connectivity index (χ0v) is 9.44. The minimum absolute atomic E-state index is 0.713. The maximum Gasteiger partial charge on any atom is 0.0727 e. The number of benzene rings is 3. The van der Waals surface area contributed by atoms with E-state index in [1.165, 1.54) is 32.7 Å². The van der Waals surface area contributed by atoms with Crippen molar-refractivity contribution < 1.29 is 4.74 Å². The molecule has 0 saturated carbocycles. The summed E-state index contributed by atoms with van der Waals surface area (Å²) in [5.74, 6) is 0. The van der Waals surface area contributed by atoms with Crippen molar-refractivity contribution in [2.24, 2.45) is 0 Å². The molecular formula is C16H12O. The smallest absolute Gasteiger partial charge is 0.0727 e. The molecule has 0 saturated heterocycles. The van der Waals surface area contributed by atoms with E-state index in [0.717, 1.165) is 0 Å². The average Bonchev–Trinajstić information content (AvgIpc) is 2.57. The third-order valence-corrected chi connectivity index (χ3v) is 3.57. The van der Waals surface area contributed by atoms with Gasteiger partial charge in [0, 0.05) is 0 Å². The first-order chi connectivity index (χ1) is 8.43. The van der Waals surface area contributed by atoms with E-state index in [4.69, 9.17) is 4.74 Å². The summed E-state index contributed by atoms with van der Waals surface area (Å²) in [5, 5.41) is 5.37. The summed E-state index contributed by atoms with van der Waals surface area (Å²) in [5.41, 5.74) is 2.61. The normalized spacial score (nSPS) is 14.4. The van der Waals surface area contributed by atoms with E-state index in [1.807, 2.05) is 0 Å². The highest BCUT2D eigenvalue weighted by atomic mass is 16.5. The molecule has 0 radical (unpaired) electrons. The van der Waals surface area contributed by atoms with Crippen LogP contribution >= 0.6 is 0 Å². The molecule has 0 bridgehead atoms. The van der Waals surface area contributed by atoms with Crippen LogP contribution in [-0.4, -0.2) is 0 Å². The summed E-state index contributed by atoms with van der Waals surface area (Å²) in [7, 11) is 0. The fourth-order valence-electron chi connectivity index (χ4n) is 2.82. The first-order valence-electron chi connectivity index (χ1n) is 5.93. The Bertz CT molecular complexity index is 665. The average molecular weight is 220 g/mol. The maximum atomic E-state index is 5.76. The largest absolute Gasteiger partial charge is 0.372 e. The molecule has 1 aliphatic rings. The molecule has 0 unspecified atom stereocenters. The summed E-state index contributed by atoms with van der Waals surface area (Å²) in [6.45, 7) is 1.43. The minimum atomic E-state index is 0.713. The molecule has 0 fully saturated rings. The van der Waals surface area contributed by atoms with E-state index in [-0.39, 0.29) is 0 Å². The van der Waals surface area contributed by atoms with Crippen molar-refractivity contribution in [1.29, 1.82) is 0 Å². The first-order valence-corrected chi connectivity index (χ1v) is 5.93. The van der Waals surface area contributed by atoms with Gasteiger partial charge < -0.3 is 4.74 Å². The van der Waals surface area contributed by atoms with Crippen molar-refractivity contribution >= 4 is 21.5 Å². The molecule has 0 amide bonds. The topological polar surface area (TPSA) is 9.23 Å². The van der Waals surface area contributed by atoms with Crippen LogP contribution < -0.4 is 0 Å². The third kappa shape index (κ3) is 1.23. The van der Waals surface area contributed by atoms with Crippen molar-refractivity contribution in [3.8, 4) is 0 Å². The molecule has 1 nitrogen and oxygen atoms in total. The number of hydrogen-bond acceptors (Lipinski definition) is 1. The number of hydrogen-bond donors (Lipinski definition) is 0. The number of rotatable bonds is 0. The maximum absolute atomic E-state index is 5.76. The lowest BCUT2D eigenvalue weighted by molar-refractivity contribution is 0.110. The minimum Gasteiger partial charge on any atom is -0.372 e. The van der Waals surface area contributed by atoms with E-state index in [9.17, 15) is 0 Å². The van der Waals surface area contributed by atoms with E-state index >= 15 is 0 Å². The van der Waals surface area contributed by atoms with Gasteiger partial charge in [0.05, 0.1) is 13.2 Å². The van der Waals surface area contributed by atoms with Gasteiger partial charge >= 0.3 is 0 Å². The van der Waals surface area contributed by atoms with Crippen LogP contribution in [0.2, 0.25) is 0 Å². The summed E-state index contributed by atoms with van der Waals surface area (Å²) in [6.07, 6.45) is 0. The number of ether oxygens (including phenoxy) is 1. The Hall–Kier alpha value is -1.86. The second-order valence-electron chi connectivity index (χ2n) is 4.59. The van der Waals surface area contributed by atoms with Gasteiger partial charge in [-0.15, -0.1) is 0 Å². The molecule has 4 rings (SSSR count). The molecule has 3 aromatic carbocycles. The van der Waals surface area contributed by atoms with Gasteiger partial charge in [0.2, 0.25) is 0 Å².